The molecule has 0 saturated heterocycles. The lowest BCUT2D eigenvalue weighted by Crippen LogP contribution is -2.33. The molecule has 1 heterocycles. The second-order valence-electron chi connectivity index (χ2n) is 4.48. The van der Waals surface area contributed by atoms with Gasteiger partial charge in [0, 0.05) is 12.6 Å². The number of hydrogen-bond acceptors (Lipinski definition) is 3. The van der Waals surface area contributed by atoms with Crippen LogP contribution >= 0.6 is 0 Å². The maximum absolute atomic E-state index is 11.9. The summed E-state index contributed by atoms with van der Waals surface area (Å²) in [5, 5.41) is 6.11. The monoisotopic (exact) mass is 249 g/mol. The molecule has 1 rings (SSSR count). The van der Waals surface area contributed by atoms with Crippen molar-refractivity contribution in [3.8, 4) is 0 Å². The van der Waals surface area contributed by atoms with Gasteiger partial charge in [0.25, 0.3) is 5.91 Å². The maximum Gasteiger partial charge on any atom is 0.270 e. The van der Waals surface area contributed by atoms with Gasteiger partial charge in [-0.3, -0.25) is 4.79 Å². The van der Waals surface area contributed by atoms with Gasteiger partial charge < -0.3 is 10.6 Å². The molecule has 1 atom stereocenters. The second kappa shape index (κ2) is 7.69. The van der Waals surface area contributed by atoms with Gasteiger partial charge in [-0.2, -0.15) is 0 Å². The Hall–Kier alpha value is -1.58. The molecular formula is C14H23N3O. The van der Waals surface area contributed by atoms with Crippen LogP contribution in [0.5, 0.6) is 0 Å². The first-order valence-electron chi connectivity index (χ1n) is 6.68. The third-order valence-corrected chi connectivity index (χ3v) is 2.75. The standard InChI is InChI=1S/C14H23N3O/c1-4-6-7-11(3)17-14(18)13-9-8-12(10-16-13)15-5-2/h8-11,15H,4-7H2,1-3H3,(H,17,18). The highest BCUT2D eigenvalue weighted by molar-refractivity contribution is 5.92. The lowest BCUT2D eigenvalue weighted by molar-refractivity contribution is 0.0933. The Morgan fingerprint density at radius 1 is 1.39 bits per heavy atom. The third kappa shape index (κ3) is 4.73. The fourth-order valence-electron chi connectivity index (χ4n) is 1.72. The van der Waals surface area contributed by atoms with Gasteiger partial charge in [-0.1, -0.05) is 19.8 Å². The average molecular weight is 249 g/mol. The molecule has 0 saturated carbocycles. The Balaban J connectivity index is 2.50. The van der Waals surface area contributed by atoms with Gasteiger partial charge in [-0.15, -0.1) is 0 Å². The molecule has 1 aromatic rings. The molecule has 1 unspecified atom stereocenters. The number of hydrogen-bond donors (Lipinski definition) is 2. The van der Waals surface area contributed by atoms with E-state index in [0.717, 1.165) is 31.5 Å². The summed E-state index contributed by atoms with van der Waals surface area (Å²) in [5.41, 5.74) is 1.41. The van der Waals surface area contributed by atoms with Crippen LogP contribution < -0.4 is 10.6 Å². The summed E-state index contributed by atoms with van der Waals surface area (Å²) in [6.07, 6.45) is 4.98. The van der Waals surface area contributed by atoms with Crippen LogP contribution in [-0.4, -0.2) is 23.5 Å². The molecule has 0 aromatic carbocycles. The third-order valence-electron chi connectivity index (χ3n) is 2.75. The van der Waals surface area contributed by atoms with E-state index >= 15 is 0 Å². The Bertz CT molecular complexity index is 362. The van der Waals surface area contributed by atoms with Crippen molar-refractivity contribution in [1.29, 1.82) is 0 Å². The number of pyridine rings is 1. The first-order chi connectivity index (χ1) is 8.67. The molecule has 100 valence electrons. The van der Waals surface area contributed by atoms with Crippen molar-refractivity contribution in [3.63, 3.8) is 0 Å². The number of amides is 1. The molecule has 1 aromatic heterocycles. The summed E-state index contributed by atoms with van der Waals surface area (Å²) in [5.74, 6) is -0.0957. The van der Waals surface area contributed by atoms with Crippen molar-refractivity contribution in [2.45, 2.75) is 46.1 Å². The van der Waals surface area contributed by atoms with Gasteiger partial charge >= 0.3 is 0 Å². The minimum Gasteiger partial charge on any atom is -0.384 e. The van der Waals surface area contributed by atoms with Crippen molar-refractivity contribution in [3.05, 3.63) is 24.0 Å². The first kappa shape index (κ1) is 14.5. The summed E-state index contributed by atoms with van der Waals surface area (Å²) in [6, 6.07) is 3.83. The van der Waals surface area contributed by atoms with Crippen molar-refractivity contribution in [2.24, 2.45) is 0 Å². The van der Waals surface area contributed by atoms with Gasteiger partial charge in [-0.25, -0.2) is 4.98 Å². The molecule has 0 radical (unpaired) electrons. The molecule has 2 N–H and O–H groups in total. The van der Waals surface area contributed by atoms with Crippen molar-refractivity contribution >= 4 is 11.6 Å². The van der Waals surface area contributed by atoms with Crippen molar-refractivity contribution in [2.75, 3.05) is 11.9 Å². The van der Waals surface area contributed by atoms with Crippen LogP contribution in [0.1, 0.15) is 50.5 Å². The van der Waals surface area contributed by atoms with E-state index in [2.05, 4.69) is 22.5 Å². The van der Waals surface area contributed by atoms with Crippen LogP contribution in [0.15, 0.2) is 18.3 Å². The number of nitrogens with one attached hydrogen (secondary N) is 2. The van der Waals surface area contributed by atoms with Crippen LogP contribution in [0.4, 0.5) is 5.69 Å². The molecule has 0 fully saturated rings. The van der Waals surface area contributed by atoms with Crippen LogP contribution in [0.2, 0.25) is 0 Å². The number of carbonyl (C=O) groups excluding carboxylic acids is 1. The van der Waals surface area contributed by atoms with Crippen LogP contribution in [0.25, 0.3) is 0 Å². The molecule has 4 nitrogen and oxygen atoms in total. The minimum absolute atomic E-state index is 0.0957. The fourth-order valence-corrected chi connectivity index (χ4v) is 1.72. The molecule has 0 aliphatic heterocycles. The second-order valence-corrected chi connectivity index (χ2v) is 4.48. The number of anilines is 1. The Morgan fingerprint density at radius 2 is 2.17 bits per heavy atom. The van der Waals surface area contributed by atoms with Crippen molar-refractivity contribution in [1.82, 2.24) is 10.3 Å². The summed E-state index contributed by atoms with van der Waals surface area (Å²) < 4.78 is 0. The molecule has 0 bridgehead atoms. The average Bonchev–Trinajstić information content (AvgIpc) is 2.37. The van der Waals surface area contributed by atoms with E-state index in [4.69, 9.17) is 0 Å². The Kier molecular flexibility index (Phi) is 6.19. The molecule has 4 heteroatoms. The van der Waals surface area contributed by atoms with Crippen LogP contribution in [0, 0.1) is 0 Å². The number of unbranched alkanes of at least 4 members (excludes halogenated alkanes) is 1. The summed E-state index contributed by atoms with van der Waals surface area (Å²) in [6.45, 7) is 7.05. The molecular weight excluding hydrogens is 226 g/mol. The van der Waals surface area contributed by atoms with E-state index in [1.807, 2.05) is 19.9 Å². The fraction of sp³-hybridized carbons (Fsp3) is 0.571. The van der Waals surface area contributed by atoms with E-state index in [-0.39, 0.29) is 11.9 Å². The van der Waals surface area contributed by atoms with Gasteiger partial charge in [0.15, 0.2) is 0 Å². The molecule has 0 spiro atoms. The number of carbonyl (C=O) groups is 1. The van der Waals surface area contributed by atoms with Crippen LogP contribution in [0.3, 0.4) is 0 Å². The predicted molar refractivity (Wildman–Crippen MR) is 74.9 cm³/mol. The quantitative estimate of drug-likeness (QED) is 0.781. The van der Waals surface area contributed by atoms with E-state index in [1.54, 1.807) is 12.3 Å². The highest BCUT2D eigenvalue weighted by Gasteiger charge is 2.10. The minimum atomic E-state index is -0.0957. The van der Waals surface area contributed by atoms with Gasteiger partial charge in [0.2, 0.25) is 0 Å². The lowest BCUT2D eigenvalue weighted by atomic mass is 10.1. The number of nitrogens with zero attached hydrogens (tertiary/aromatic N) is 1. The maximum atomic E-state index is 11.9. The number of rotatable bonds is 7. The number of aromatic nitrogens is 1. The lowest BCUT2D eigenvalue weighted by Gasteiger charge is -2.13. The summed E-state index contributed by atoms with van der Waals surface area (Å²) in [4.78, 5) is 16.0. The van der Waals surface area contributed by atoms with E-state index < -0.39 is 0 Å². The molecule has 18 heavy (non-hydrogen) atoms. The summed E-state index contributed by atoms with van der Waals surface area (Å²) >= 11 is 0. The van der Waals surface area contributed by atoms with E-state index in [1.165, 1.54) is 0 Å². The summed E-state index contributed by atoms with van der Waals surface area (Å²) in [7, 11) is 0. The Labute approximate surface area is 109 Å². The van der Waals surface area contributed by atoms with Gasteiger partial charge in [0.05, 0.1) is 11.9 Å². The molecule has 0 aliphatic rings. The topological polar surface area (TPSA) is 54.0 Å². The molecule has 0 aliphatic carbocycles. The SMILES string of the molecule is CCCCC(C)NC(=O)c1ccc(NCC)cn1. The smallest absolute Gasteiger partial charge is 0.270 e. The highest BCUT2D eigenvalue weighted by atomic mass is 16.1. The van der Waals surface area contributed by atoms with Crippen molar-refractivity contribution < 1.29 is 4.79 Å². The van der Waals surface area contributed by atoms with E-state index in [0.29, 0.717) is 5.69 Å². The zero-order valence-corrected chi connectivity index (χ0v) is 11.5. The predicted octanol–water partition coefficient (Wildman–Crippen LogP) is 2.82. The van der Waals surface area contributed by atoms with Crippen LogP contribution in [-0.2, 0) is 0 Å². The Morgan fingerprint density at radius 3 is 2.72 bits per heavy atom. The largest absolute Gasteiger partial charge is 0.384 e. The van der Waals surface area contributed by atoms with E-state index in [9.17, 15) is 4.79 Å². The normalized spacial score (nSPS) is 11.9. The molecule has 1 amide bonds. The first-order valence-corrected chi connectivity index (χ1v) is 6.68. The zero-order chi connectivity index (χ0) is 13.4. The zero-order valence-electron chi connectivity index (χ0n) is 11.5. The van der Waals surface area contributed by atoms with Gasteiger partial charge in [0.1, 0.15) is 5.69 Å². The van der Waals surface area contributed by atoms with Gasteiger partial charge in [-0.05, 0) is 32.4 Å². The highest BCUT2D eigenvalue weighted by Crippen LogP contribution is 2.06.